The fourth-order valence-electron chi connectivity index (χ4n) is 3.50. The molecule has 1 fully saturated rings. The molecule has 2 N–H and O–H groups in total. The van der Waals surface area contributed by atoms with E-state index >= 15 is 0 Å². The first-order chi connectivity index (χ1) is 14.3. The quantitative estimate of drug-likeness (QED) is 0.682. The van der Waals surface area contributed by atoms with Crippen LogP contribution < -0.4 is 10.5 Å². The minimum absolute atomic E-state index is 0.0277. The van der Waals surface area contributed by atoms with Gasteiger partial charge in [-0.05, 0) is 38.5 Å². The molecule has 160 valence electrons. The lowest BCUT2D eigenvalue weighted by molar-refractivity contribution is -0.139. The third-order valence-electron chi connectivity index (χ3n) is 4.80. The number of amides is 1. The van der Waals surface area contributed by atoms with Crippen LogP contribution in [0.2, 0.25) is 0 Å². The number of carbonyl (C=O) groups is 3. The molecular weight excluding hydrogens is 408 g/mol. The maximum Gasteiger partial charge on any atom is 0.338 e. The lowest BCUT2D eigenvalue weighted by Crippen LogP contribution is -2.40. The van der Waals surface area contributed by atoms with Crippen LogP contribution in [0.25, 0.3) is 0 Å². The molecule has 2 atom stereocenters. The summed E-state index contributed by atoms with van der Waals surface area (Å²) < 4.78 is 15.8. The van der Waals surface area contributed by atoms with E-state index in [1.54, 1.807) is 45.0 Å². The largest absolute Gasteiger partial charge is 0.497 e. The number of fused-ring (bicyclic) bond motifs is 1. The smallest absolute Gasteiger partial charge is 0.338 e. The van der Waals surface area contributed by atoms with E-state index in [9.17, 15) is 14.4 Å². The number of ether oxygens (including phenoxy) is 3. The molecule has 2 heterocycles. The fourth-order valence-corrected chi connectivity index (χ4v) is 4.66. The van der Waals surface area contributed by atoms with Crippen molar-refractivity contribution in [2.24, 2.45) is 5.73 Å². The maximum absolute atomic E-state index is 13.0. The molecule has 9 heteroatoms. The summed E-state index contributed by atoms with van der Waals surface area (Å²) in [4.78, 5) is 40.0. The van der Waals surface area contributed by atoms with Gasteiger partial charge in [-0.3, -0.25) is 9.69 Å². The topological polar surface area (TPSA) is 108 Å². The Hall–Kier alpha value is -2.94. The van der Waals surface area contributed by atoms with Gasteiger partial charge in [-0.2, -0.15) is 0 Å². The number of nitrogens with two attached hydrogens (primary N) is 1. The van der Waals surface area contributed by atoms with Gasteiger partial charge in [-0.1, -0.05) is 23.9 Å². The average Bonchev–Trinajstić information content (AvgIpc) is 3.02. The zero-order chi connectivity index (χ0) is 22.0. The average molecular weight is 432 g/mol. The van der Waals surface area contributed by atoms with Gasteiger partial charge in [-0.15, -0.1) is 0 Å². The van der Waals surface area contributed by atoms with Crippen molar-refractivity contribution in [2.45, 2.75) is 31.9 Å². The number of methoxy groups -OCH3 is 1. The highest BCUT2D eigenvalue weighted by atomic mass is 32.2. The van der Waals surface area contributed by atoms with Crippen LogP contribution in [0.15, 0.2) is 46.3 Å². The van der Waals surface area contributed by atoms with Gasteiger partial charge < -0.3 is 19.9 Å². The van der Waals surface area contributed by atoms with Crippen LogP contribution in [0.5, 0.6) is 5.75 Å². The lowest BCUT2D eigenvalue weighted by Gasteiger charge is -2.33. The second-order valence-corrected chi connectivity index (χ2v) is 7.93. The first kappa shape index (κ1) is 21.8. The standard InChI is InChI=1S/C21H24N2O6S/c1-5-28-20(25)15-14(12-8-7-9-13(10-12)27-4)16(21(26)29-6-2)19-23(17(15)22)18(24)11(3)30-19/h7-11,14H,5-6,22H2,1-4H3. The van der Waals surface area contributed by atoms with Crippen LogP contribution >= 0.6 is 11.8 Å². The second-order valence-electron chi connectivity index (χ2n) is 6.60. The Bertz CT molecular complexity index is 955. The summed E-state index contributed by atoms with van der Waals surface area (Å²) >= 11 is 1.22. The van der Waals surface area contributed by atoms with Crippen LogP contribution in [0.4, 0.5) is 0 Å². The van der Waals surface area contributed by atoms with Crippen molar-refractivity contribution in [1.82, 2.24) is 4.90 Å². The van der Waals surface area contributed by atoms with Crippen LogP contribution in [0.3, 0.4) is 0 Å². The predicted molar refractivity (Wildman–Crippen MR) is 111 cm³/mol. The molecule has 3 rings (SSSR count). The highest BCUT2D eigenvalue weighted by Gasteiger charge is 2.49. The molecule has 1 saturated heterocycles. The fraction of sp³-hybridized carbons (Fsp3) is 0.381. The predicted octanol–water partition coefficient (Wildman–Crippen LogP) is 2.26. The first-order valence-corrected chi connectivity index (χ1v) is 10.5. The Morgan fingerprint density at radius 2 is 1.77 bits per heavy atom. The molecule has 0 radical (unpaired) electrons. The van der Waals surface area contributed by atoms with Crippen LogP contribution in [0, 0.1) is 0 Å². The Labute approximate surface area is 179 Å². The van der Waals surface area contributed by atoms with E-state index in [1.807, 2.05) is 0 Å². The maximum atomic E-state index is 13.0. The molecule has 0 aliphatic carbocycles. The van der Waals surface area contributed by atoms with Gasteiger partial charge in [0.1, 0.15) is 11.6 Å². The third kappa shape index (κ3) is 3.65. The molecule has 1 aromatic carbocycles. The number of rotatable bonds is 6. The van der Waals surface area contributed by atoms with Gasteiger partial charge in [-0.25, -0.2) is 9.59 Å². The van der Waals surface area contributed by atoms with Crippen LogP contribution in [-0.4, -0.2) is 48.3 Å². The summed E-state index contributed by atoms with van der Waals surface area (Å²) in [5.74, 6) is -1.97. The Kier molecular flexibility index (Phi) is 6.40. The van der Waals surface area contributed by atoms with E-state index in [0.717, 1.165) is 0 Å². The summed E-state index contributed by atoms with van der Waals surface area (Å²) in [6.45, 7) is 5.34. The van der Waals surface area contributed by atoms with Crippen molar-refractivity contribution in [3.05, 3.63) is 51.8 Å². The Morgan fingerprint density at radius 3 is 2.37 bits per heavy atom. The van der Waals surface area contributed by atoms with Crippen molar-refractivity contribution < 1.29 is 28.6 Å². The zero-order valence-corrected chi connectivity index (χ0v) is 18.1. The number of hydrogen-bond donors (Lipinski definition) is 1. The van der Waals surface area contributed by atoms with Crippen LogP contribution in [0.1, 0.15) is 32.3 Å². The lowest BCUT2D eigenvalue weighted by atomic mass is 9.82. The molecule has 1 amide bonds. The van der Waals surface area contributed by atoms with E-state index < -0.39 is 23.1 Å². The number of benzene rings is 1. The molecule has 0 bridgehead atoms. The normalized spacial score (nSPS) is 20.9. The number of thioether (sulfide) groups is 1. The number of esters is 2. The molecule has 2 aliphatic heterocycles. The van der Waals surface area contributed by atoms with Crippen molar-refractivity contribution in [1.29, 1.82) is 0 Å². The van der Waals surface area contributed by atoms with Gasteiger partial charge in [0, 0.05) is 0 Å². The monoisotopic (exact) mass is 432 g/mol. The van der Waals surface area contributed by atoms with Gasteiger partial charge in [0.25, 0.3) is 0 Å². The first-order valence-electron chi connectivity index (χ1n) is 9.58. The summed E-state index contributed by atoms with van der Waals surface area (Å²) in [7, 11) is 1.52. The molecule has 0 aromatic heterocycles. The summed E-state index contributed by atoms with van der Waals surface area (Å²) in [5.41, 5.74) is 7.15. The zero-order valence-electron chi connectivity index (χ0n) is 17.3. The highest BCUT2D eigenvalue weighted by molar-refractivity contribution is 8.04. The molecular formula is C21H24N2O6S. The minimum atomic E-state index is -0.866. The highest BCUT2D eigenvalue weighted by Crippen LogP contribution is 2.50. The van der Waals surface area contributed by atoms with E-state index in [-0.39, 0.29) is 36.1 Å². The summed E-state index contributed by atoms with van der Waals surface area (Å²) in [5, 5.41) is -0.0835. The van der Waals surface area contributed by atoms with Crippen LogP contribution in [-0.2, 0) is 23.9 Å². The Morgan fingerprint density at radius 1 is 1.13 bits per heavy atom. The molecule has 2 unspecified atom stereocenters. The van der Waals surface area contributed by atoms with Crippen molar-refractivity contribution in [3.63, 3.8) is 0 Å². The van der Waals surface area contributed by atoms with Crippen molar-refractivity contribution in [2.75, 3.05) is 20.3 Å². The molecule has 0 saturated carbocycles. The number of nitrogens with zero attached hydrogens (tertiary/aromatic N) is 1. The van der Waals surface area contributed by atoms with Gasteiger partial charge in [0.15, 0.2) is 0 Å². The molecule has 30 heavy (non-hydrogen) atoms. The molecule has 1 aromatic rings. The van der Waals surface area contributed by atoms with Gasteiger partial charge in [0.05, 0.1) is 47.7 Å². The third-order valence-corrected chi connectivity index (χ3v) is 5.98. The molecule has 8 nitrogen and oxygen atoms in total. The summed E-state index contributed by atoms with van der Waals surface area (Å²) in [6, 6.07) is 6.99. The summed E-state index contributed by atoms with van der Waals surface area (Å²) in [6.07, 6.45) is 0. The van der Waals surface area contributed by atoms with E-state index in [0.29, 0.717) is 16.3 Å². The van der Waals surface area contributed by atoms with E-state index in [2.05, 4.69) is 0 Å². The SMILES string of the molecule is CCOC(=O)C1=C(N)N2C(=O)C(C)SC2=C(C(=O)OCC)C1c1cccc(OC)c1. The van der Waals surface area contributed by atoms with Crippen molar-refractivity contribution in [3.8, 4) is 5.75 Å². The number of hydrogen-bond acceptors (Lipinski definition) is 8. The van der Waals surface area contributed by atoms with E-state index in [4.69, 9.17) is 19.9 Å². The second kappa shape index (κ2) is 8.83. The van der Waals surface area contributed by atoms with Crippen molar-refractivity contribution >= 4 is 29.6 Å². The number of carbonyl (C=O) groups excluding carboxylic acids is 3. The molecule has 0 spiro atoms. The Balaban J connectivity index is 2.30. The van der Waals surface area contributed by atoms with Gasteiger partial charge >= 0.3 is 11.9 Å². The molecule has 2 aliphatic rings. The van der Waals surface area contributed by atoms with Gasteiger partial charge in [0.2, 0.25) is 5.91 Å². The van der Waals surface area contributed by atoms with E-state index in [1.165, 1.54) is 23.8 Å². The minimum Gasteiger partial charge on any atom is -0.497 e.